The number of rotatable bonds is 4. The molecule has 29 heavy (non-hydrogen) atoms. The van der Waals surface area contributed by atoms with Crippen LogP contribution in [-0.2, 0) is 10.9 Å². The summed E-state index contributed by atoms with van der Waals surface area (Å²) in [7, 11) is 0. The molecule has 6 nitrogen and oxygen atoms in total. The van der Waals surface area contributed by atoms with E-state index < -0.39 is 23.1 Å². The largest absolute Gasteiger partial charge is 0.416 e. The van der Waals surface area contributed by atoms with E-state index in [-0.39, 0.29) is 17.5 Å². The number of carbonyl (C=O) groups excluding carboxylic acids is 1. The van der Waals surface area contributed by atoms with E-state index in [2.05, 4.69) is 5.10 Å². The summed E-state index contributed by atoms with van der Waals surface area (Å²) in [6.07, 6.45) is -3.05. The maximum Gasteiger partial charge on any atom is 0.416 e. The first-order valence-corrected chi connectivity index (χ1v) is 9.40. The van der Waals surface area contributed by atoms with Crippen LogP contribution in [0.5, 0.6) is 0 Å². The first kappa shape index (κ1) is 21.0. The van der Waals surface area contributed by atoms with Crippen LogP contribution in [0.15, 0.2) is 35.1 Å². The third kappa shape index (κ3) is 4.67. The molecule has 0 aliphatic carbocycles. The number of hydrogen-bond donors (Lipinski definition) is 0. The molecule has 9 heteroatoms. The molecule has 2 heterocycles. The lowest BCUT2D eigenvalue weighted by Crippen LogP contribution is -2.45. The molecular weight excluding hydrogens is 387 g/mol. The van der Waals surface area contributed by atoms with Crippen molar-refractivity contribution in [3.05, 3.63) is 57.5 Å². The molecule has 0 saturated carbocycles. The van der Waals surface area contributed by atoms with Gasteiger partial charge in [0.15, 0.2) is 5.69 Å². The average molecular weight is 409 g/mol. The quantitative estimate of drug-likeness (QED) is 0.778. The van der Waals surface area contributed by atoms with E-state index >= 15 is 0 Å². The highest BCUT2D eigenvalue weighted by Crippen LogP contribution is 2.30. The highest BCUT2D eigenvalue weighted by Gasteiger charge is 2.31. The SMILES string of the molecule is CCOC1CCCN(C(=O)c2nn(-c3cccc(C(F)(F)F)c3)c(C)cc2=O)C1. The number of halogens is 3. The molecule has 1 atom stereocenters. The van der Waals surface area contributed by atoms with Crippen molar-refractivity contribution in [1.29, 1.82) is 0 Å². The van der Waals surface area contributed by atoms with Gasteiger partial charge in [-0.05, 0) is 44.9 Å². The minimum Gasteiger partial charge on any atom is -0.377 e. The highest BCUT2D eigenvalue weighted by atomic mass is 19.4. The van der Waals surface area contributed by atoms with Gasteiger partial charge in [-0.1, -0.05) is 6.07 Å². The molecule has 1 saturated heterocycles. The van der Waals surface area contributed by atoms with Crippen molar-refractivity contribution in [3.8, 4) is 5.69 Å². The van der Waals surface area contributed by atoms with Gasteiger partial charge in [-0.15, -0.1) is 0 Å². The van der Waals surface area contributed by atoms with Gasteiger partial charge in [-0.2, -0.15) is 18.3 Å². The zero-order chi connectivity index (χ0) is 21.2. The Kier molecular flexibility index (Phi) is 6.07. The minimum absolute atomic E-state index is 0.103. The second-order valence-electron chi connectivity index (χ2n) is 6.93. The molecule has 1 aromatic heterocycles. The highest BCUT2D eigenvalue weighted by molar-refractivity contribution is 5.92. The molecule has 1 aromatic carbocycles. The second-order valence-corrected chi connectivity index (χ2v) is 6.93. The Morgan fingerprint density at radius 3 is 2.76 bits per heavy atom. The van der Waals surface area contributed by atoms with Crippen LogP contribution in [0.1, 0.15) is 41.5 Å². The Morgan fingerprint density at radius 2 is 2.07 bits per heavy atom. The summed E-state index contributed by atoms with van der Waals surface area (Å²) < 4.78 is 45.9. The van der Waals surface area contributed by atoms with Crippen LogP contribution >= 0.6 is 0 Å². The number of hydrogen-bond acceptors (Lipinski definition) is 4. The summed E-state index contributed by atoms with van der Waals surface area (Å²) in [6, 6.07) is 5.81. The first-order chi connectivity index (χ1) is 13.7. The Hall–Kier alpha value is -2.68. The van der Waals surface area contributed by atoms with Crippen LogP contribution in [0.2, 0.25) is 0 Å². The van der Waals surface area contributed by atoms with Crippen molar-refractivity contribution in [2.75, 3.05) is 19.7 Å². The van der Waals surface area contributed by atoms with Gasteiger partial charge in [0.05, 0.1) is 17.4 Å². The minimum atomic E-state index is -4.51. The summed E-state index contributed by atoms with van der Waals surface area (Å²) in [5, 5.41) is 4.12. The van der Waals surface area contributed by atoms with Crippen LogP contribution in [-0.4, -0.2) is 46.4 Å². The number of likely N-dealkylation sites (tertiary alicyclic amines) is 1. The molecule has 2 aromatic rings. The van der Waals surface area contributed by atoms with Gasteiger partial charge in [0, 0.05) is 31.5 Å². The molecular formula is C20H22F3N3O3. The zero-order valence-electron chi connectivity index (χ0n) is 16.2. The molecule has 1 unspecified atom stereocenters. The van der Waals surface area contributed by atoms with Gasteiger partial charge in [0.2, 0.25) is 5.43 Å². The number of carbonyl (C=O) groups is 1. The van der Waals surface area contributed by atoms with Crippen LogP contribution in [0.25, 0.3) is 5.69 Å². The molecule has 0 bridgehead atoms. The van der Waals surface area contributed by atoms with Gasteiger partial charge < -0.3 is 9.64 Å². The Morgan fingerprint density at radius 1 is 1.31 bits per heavy atom. The molecule has 0 N–H and O–H groups in total. The van der Waals surface area contributed by atoms with Gasteiger partial charge in [0.25, 0.3) is 5.91 Å². The van der Waals surface area contributed by atoms with E-state index in [0.29, 0.717) is 25.4 Å². The van der Waals surface area contributed by atoms with Crippen LogP contribution in [0.3, 0.4) is 0 Å². The standard InChI is InChI=1S/C20H22F3N3O3/c1-3-29-16-8-5-9-25(12-16)19(28)18-17(27)10-13(2)26(24-18)15-7-4-6-14(11-15)20(21,22)23/h4,6-7,10-11,16H,3,5,8-9,12H2,1-2H3. The van der Waals surface area contributed by atoms with Crippen molar-refractivity contribution in [2.24, 2.45) is 0 Å². The Labute approximate surface area is 165 Å². The summed E-state index contributed by atoms with van der Waals surface area (Å²) in [5.41, 5.74) is -1.26. The zero-order valence-corrected chi connectivity index (χ0v) is 16.2. The smallest absolute Gasteiger partial charge is 0.377 e. The van der Waals surface area contributed by atoms with Crippen LogP contribution in [0.4, 0.5) is 13.2 Å². The number of aryl methyl sites for hydroxylation is 1. The molecule has 1 aliphatic rings. The van der Waals surface area contributed by atoms with E-state index in [1.165, 1.54) is 27.8 Å². The fourth-order valence-corrected chi connectivity index (χ4v) is 3.42. The normalized spacial score (nSPS) is 17.4. The Bertz CT molecular complexity index is 954. The molecule has 3 rings (SSSR count). The van der Waals surface area contributed by atoms with Crippen molar-refractivity contribution < 1.29 is 22.7 Å². The van der Waals surface area contributed by atoms with Crippen LogP contribution in [0, 0.1) is 6.92 Å². The lowest BCUT2D eigenvalue weighted by molar-refractivity contribution is -0.137. The van der Waals surface area contributed by atoms with Crippen molar-refractivity contribution >= 4 is 5.91 Å². The molecule has 0 radical (unpaired) electrons. The summed E-state index contributed by atoms with van der Waals surface area (Å²) >= 11 is 0. The van der Waals surface area contributed by atoms with Crippen molar-refractivity contribution in [2.45, 2.75) is 39.0 Å². The third-order valence-corrected chi connectivity index (χ3v) is 4.80. The van der Waals surface area contributed by atoms with E-state index in [1.54, 1.807) is 6.92 Å². The predicted molar refractivity (Wildman–Crippen MR) is 100 cm³/mol. The maximum absolute atomic E-state index is 13.0. The van der Waals surface area contributed by atoms with Gasteiger partial charge in [-0.25, -0.2) is 4.68 Å². The second kappa shape index (κ2) is 8.36. The number of alkyl halides is 3. The van der Waals surface area contributed by atoms with E-state index in [4.69, 9.17) is 4.74 Å². The van der Waals surface area contributed by atoms with Crippen molar-refractivity contribution in [3.63, 3.8) is 0 Å². The molecule has 1 fully saturated rings. The topological polar surface area (TPSA) is 64.4 Å². The van der Waals surface area contributed by atoms with Crippen molar-refractivity contribution in [1.82, 2.24) is 14.7 Å². The third-order valence-electron chi connectivity index (χ3n) is 4.80. The summed E-state index contributed by atoms with van der Waals surface area (Å²) in [4.78, 5) is 26.8. The molecule has 1 amide bonds. The number of aromatic nitrogens is 2. The number of benzene rings is 1. The lowest BCUT2D eigenvalue weighted by Gasteiger charge is -2.32. The first-order valence-electron chi connectivity index (χ1n) is 9.40. The molecule has 156 valence electrons. The van der Waals surface area contributed by atoms with Crippen LogP contribution < -0.4 is 5.43 Å². The fourth-order valence-electron chi connectivity index (χ4n) is 3.42. The number of ether oxygens (including phenoxy) is 1. The van der Waals surface area contributed by atoms with E-state index in [9.17, 15) is 22.8 Å². The van der Waals surface area contributed by atoms with Gasteiger partial charge >= 0.3 is 6.18 Å². The van der Waals surface area contributed by atoms with Gasteiger partial charge in [0.1, 0.15) is 0 Å². The average Bonchev–Trinajstić information content (AvgIpc) is 2.67. The maximum atomic E-state index is 13.0. The molecule has 0 spiro atoms. The number of piperidine rings is 1. The predicted octanol–water partition coefficient (Wildman–Crippen LogP) is 3.20. The lowest BCUT2D eigenvalue weighted by atomic mass is 10.1. The fraction of sp³-hybridized carbons (Fsp3) is 0.450. The Balaban J connectivity index is 1.96. The monoisotopic (exact) mass is 409 g/mol. The van der Waals surface area contributed by atoms with E-state index in [0.717, 1.165) is 25.0 Å². The summed E-state index contributed by atoms with van der Waals surface area (Å²) in [5.74, 6) is -0.542. The van der Waals surface area contributed by atoms with E-state index in [1.807, 2.05) is 6.92 Å². The molecule has 1 aliphatic heterocycles. The van der Waals surface area contributed by atoms with Gasteiger partial charge in [-0.3, -0.25) is 9.59 Å². The number of amides is 1. The summed E-state index contributed by atoms with van der Waals surface area (Å²) in [6.45, 7) is 4.77. The number of nitrogens with zero attached hydrogens (tertiary/aromatic N) is 3.